The third-order valence-corrected chi connectivity index (χ3v) is 14.3. The molecule has 1 aromatic rings. The molecule has 0 aromatic heterocycles. The summed E-state index contributed by atoms with van der Waals surface area (Å²) in [6.45, 7) is 19.2. The fourth-order valence-corrected chi connectivity index (χ4v) is 11.4. The maximum Gasteiger partial charge on any atom is 0.336 e. The number of halogens is 1. The number of rotatable bonds is 8. The molecule has 4 saturated carbocycles. The molecule has 288 valence electrons. The van der Waals surface area contributed by atoms with Gasteiger partial charge < -0.3 is 24.4 Å². The zero-order chi connectivity index (χ0) is 38.6. The molecule has 0 amide bonds. The number of ether oxygens (including phenoxy) is 3. The highest BCUT2D eigenvalue weighted by atomic mass is 35.5. The summed E-state index contributed by atoms with van der Waals surface area (Å²) < 4.78 is 17.2. The molecule has 0 aliphatic heterocycles. The molecule has 4 aliphatic rings. The summed E-state index contributed by atoms with van der Waals surface area (Å²) in [5, 5.41) is 23.8. The lowest BCUT2D eigenvalue weighted by Gasteiger charge is -2.69. The van der Waals surface area contributed by atoms with Crippen LogP contribution in [-0.4, -0.2) is 53.2 Å². The molecule has 5 rings (SSSR count). The molecule has 0 radical (unpaired) electrons. The van der Waals surface area contributed by atoms with Crippen molar-refractivity contribution in [3.63, 3.8) is 0 Å². The number of carbonyl (C=O) groups is 3. The second-order valence-corrected chi connectivity index (χ2v) is 18.7. The molecule has 9 heteroatoms. The predicted octanol–water partition coefficient (Wildman–Crippen LogP) is 8.85. The number of aliphatic hydroxyl groups excluding tert-OH is 2. The van der Waals surface area contributed by atoms with Gasteiger partial charge in [-0.2, -0.15) is 0 Å². The summed E-state index contributed by atoms with van der Waals surface area (Å²) >= 11 is 6.22. The van der Waals surface area contributed by atoms with Crippen LogP contribution in [0.15, 0.2) is 41.0 Å². The zero-order valence-corrected chi connectivity index (χ0v) is 33.7. The molecule has 0 spiro atoms. The average molecular weight is 741 g/mol. The van der Waals surface area contributed by atoms with E-state index in [1.807, 2.05) is 38.1 Å². The minimum Gasteiger partial charge on any atom is -0.458 e. The Morgan fingerprint density at radius 1 is 0.904 bits per heavy atom. The van der Waals surface area contributed by atoms with E-state index in [0.29, 0.717) is 54.2 Å². The van der Waals surface area contributed by atoms with Gasteiger partial charge in [-0.05, 0) is 155 Å². The second kappa shape index (κ2) is 14.9. The molecule has 0 saturated heterocycles. The second-order valence-electron chi connectivity index (χ2n) is 18.2. The first kappa shape index (κ1) is 40.5. The van der Waals surface area contributed by atoms with E-state index in [9.17, 15) is 24.6 Å². The van der Waals surface area contributed by atoms with Gasteiger partial charge >= 0.3 is 17.9 Å². The number of allylic oxidation sites excluding steroid dienone is 2. The fraction of sp³-hybridized carbons (Fsp3) is 0.698. The Balaban J connectivity index is 1.60. The van der Waals surface area contributed by atoms with Crippen LogP contribution in [0.1, 0.15) is 126 Å². The molecule has 1 unspecified atom stereocenters. The zero-order valence-electron chi connectivity index (χ0n) is 32.9. The molecule has 4 aliphatic carbocycles. The van der Waals surface area contributed by atoms with E-state index in [-0.39, 0.29) is 34.7 Å². The van der Waals surface area contributed by atoms with E-state index in [1.54, 1.807) is 20.8 Å². The van der Waals surface area contributed by atoms with Crippen LogP contribution < -0.4 is 0 Å². The van der Waals surface area contributed by atoms with Crippen LogP contribution in [0.5, 0.6) is 0 Å². The first-order valence-electron chi connectivity index (χ1n) is 19.2. The maximum atomic E-state index is 14.4. The van der Waals surface area contributed by atoms with Crippen molar-refractivity contribution in [3.05, 3.63) is 51.6 Å². The molecule has 1 aromatic carbocycles. The summed E-state index contributed by atoms with van der Waals surface area (Å²) in [4.78, 5) is 39.7. The van der Waals surface area contributed by atoms with Crippen molar-refractivity contribution in [1.82, 2.24) is 0 Å². The number of hydrogen-bond acceptors (Lipinski definition) is 8. The molecule has 2 N–H and O–H groups in total. The average Bonchev–Trinajstić information content (AvgIpc) is 3.32. The van der Waals surface area contributed by atoms with Gasteiger partial charge in [0.2, 0.25) is 6.79 Å². The minimum absolute atomic E-state index is 0.0262. The molecule has 4 fully saturated rings. The first-order chi connectivity index (χ1) is 24.2. The van der Waals surface area contributed by atoms with Crippen LogP contribution in [0.4, 0.5) is 0 Å². The van der Waals surface area contributed by atoms with Crippen molar-refractivity contribution in [2.75, 3.05) is 6.79 Å². The van der Waals surface area contributed by atoms with Gasteiger partial charge in [0.15, 0.2) is 0 Å². The summed E-state index contributed by atoms with van der Waals surface area (Å²) in [5.41, 5.74) is 2.57. The van der Waals surface area contributed by atoms with Gasteiger partial charge in [-0.15, -0.1) is 0 Å². The Bertz CT molecular complexity index is 1600. The van der Waals surface area contributed by atoms with Crippen molar-refractivity contribution in [2.24, 2.45) is 45.3 Å². The fourth-order valence-electron chi connectivity index (χ4n) is 11.3. The van der Waals surface area contributed by atoms with E-state index in [1.165, 1.54) is 6.92 Å². The van der Waals surface area contributed by atoms with Gasteiger partial charge in [-0.25, -0.2) is 4.79 Å². The van der Waals surface area contributed by atoms with Crippen LogP contribution in [0.2, 0.25) is 5.02 Å². The number of esters is 3. The normalized spacial score (nSPS) is 36.4. The van der Waals surface area contributed by atoms with Gasteiger partial charge in [0.25, 0.3) is 0 Å². The van der Waals surface area contributed by atoms with Gasteiger partial charge in [0.1, 0.15) is 6.10 Å². The largest absolute Gasteiger partial charge is 0.458 e. The number of carbonyl (C=O) groups excluding carboxylic acids is 3. The number of aliphatic hydroxyl groups is 2. The Labute approximate surface area is 315 Å². The molecule has 8 nitrogen and oxygen atoms in total. The maximum absolute atomic E-state index is 14.4. The number of benzene rings is 1. The van der Waals surface area contributed by atoms with E-state index in [4.69, 9.17) is 25.8 Å². The van der Waals surface area contributed by atoms with Crippen molar-refractivity contribution in [3.8, 4) is 0 Å². The molecule has 0 heterocycles. The lowest BCUT2D eigenvalue weighted by molar-refractivity contribution is -0.234. The third kappa shape index (κ3) is 7.25. The number of fused-ring (bicyclic) bond motifs is 5. The topological polar surface area (TPSA) is 119 Å². The van der Waals surface area contributed by atoms with Gasteiger partial charge in [-0.3, -0.25) is 9.59 Å². The van der Waals surface area contributed by atoms with Gasteiger partial charge in [0.05, 0.1) is 17.6 Å². The van der Waals surface area contributed by atoms with Crippen LogP contribution >= 0.6 is 11.6 Å². The SMILES string of the molecule is CC(=O)O[C@H]1C[C@@]2(C)[C@@H](C[C@@H](O)C3[C@]2(C)CC[C@H]2[C@H](C)[C@H](O)CC[C@]32C)/C1=C(\CCC(=C(C)C)c1ccc(Cl)cc1)C(=O)OCOC(=O)C(C)(C)C. The minimum atomic E-state index is -0.771. The summed E-state index contributed by atoms with van der Waals surface area (Å²) in [6.07, 6.45) is 3.42. The summed E-state index contributed by atoms with van der Waals surface area (Å²) in [6, 6.07) is 7.63. The van der Waals surface area contributed by atoms with Crippen LogP contribution in [0.25, 0.3) is 5.57 Å². The molecule has 10 atom stereocenters. The monoisotopic (exact) mass is 740 g/mol. The van der Waals surface area contributed by atoms with Crippen molar-refractivity contribution in [1.29, 1.82) is 0 Å². The molecule has 52 heavy (non-hydrogen) atoms. The van der Waals surface area contributed by atoms with E-state index < -0.39 is 47.7 Å². The van der Waals surface area contributed by atoms with Crippen molar-refractivity contribution in [2.45, 2.75) is 139 Å². The van der Waals surface area contributed by atoms with Crippen LogP contribution in [0, 0.1) is 45.3 Å². The summed E-state index contributed by atoms with van der Waals surface area (Å²) in [5.74, 6) is -1.38. The third-order valence-electron chi connectivity index (χ3n) is 14.0. The number of hydrogen-bond donors (Lipinski definition) is 2. The molecular formula is C43H61ClO8. The highest BCUT2D eigenvalue weighted by Crippen LogP contribution is 2.74. The Kier molecular flexibility index (Phi) is 11.6. The quantitative estimate of drug-likeness (QED) is 0.154. The van der Waals surface area contributed by atoms with Crippen molar-refractivity contribution < 1.29 is 38.8 Å². The Morgan fingerprint density at radius 2 is 1.56 bits per heavy atom. The van der Waals surface area contributed by atoms with Gasteiger partial charge in [0, 0.05) is 17.5 Å². The highest BCUT2D eigenvalue weighted by Gasteiger charge is 2.71. The summed E-state index contributed by atoms with van der Waals surface area (Å²) in [7, 11) is 0. The van der Waals surface area contributed by atoms with Crippen LogP contribution in [0.3, 0.4) is 0 Å². The lowest BCUT2D eigenvalue weighted by Crippen LogP contribution is -2.65. The first-order valence-corrected chi connectivity index (χ1v) is 19.6. The lowest BCUT2D eigenvalue weighted by atomic mass is 9.36. The smallest absolute Gasteiger partial charge is 0.336 e. The predicted molar refractivity (Wildman–Crippen MR) is 202 cm³/mol. The van der Waals surface area contributed by atoms with E-state index >= 15 is 0 Å². The molecular weight excluding hydrogens is 680 g/mol. The van der Waals surface area contributed by atoms with Crippen molar-refractivity contribution >= 4 is 35.1 Å². The Morgan fingerprint density at radius 3 is 2.15 bits per heavy atom. The van der Waals surface area contributed by atoms with Gasteiger partial charge in [-0.1, -0.05) is 57.0 Å². The molecule has 0 bridgehead atoms. The Hall–Kier alpha value is -2.68. The van der Waals surface area contributed by atoms with E-state index in [2.05, 4.69) is 27.7 Å². The van der Waals surface area contributed by atoms with E-state index in [0.717, 1.165) is 36.0 Å². The standard InChI is InChI=1S/C43H61ClO8/c1-24(2)29(27-11-13-28(44)14-12-27)15-16-30(38(48)50-23-51-39(49)40(5,6)7)36-32-21-34(47)37-41(8)19-18-33(46)25(3)31(41)17-20-42(37,9)43(32,10)22-35(36)52-26(4)45/h11-14,25,31-35,37,46-47H,15-23H2,1-10H3/b36-30-/t25-,31-,32-,33+,34+,35-,37?,41-,42-,43-/m0/s1. The highest BCUT2D eigenvalue weighted by molar-refractivity contribution is 6.30. The van der Waals surface area contributed by atoms with Crippen LogP contribution in [-0.2, 0) is 28.6 Å².